The zero-order valence-corrected chi connectivity index (χ0v) is 19.8. The molecular weight excluding hydrogens is 434 g/mol. The molecule has 1 unspecified atom stereocenters. The molecule has 1 atom stereocenters. The Bertz CT molecular complexity index is 1010. The van der Waals surface area contributed by atoms with Gasteiger partial charge in [-0.1, -0.05) is 29.8 Å². The van der Waals surface area contributed by atoms with Crippen molar-refractivity contribution in [1.29, 1.82) is 0 Å². The van der Waals surface area contributed by atoms with E-state index in [1.54, 1.807) is 32.9 Å². The predicted molar refractivity (Wildman–Crippen MR) is 125 cm³/mol. The molecule has 2 rings (SSSR count). The minimum atomic E-state index is -3.59. The van der Waals surface area contributed by atoms with Crippen molar-refractivity contribution in [3.8, 4) is 0 Å². The topological polar surface area (TPSA) is 104 Å². The molecule has 168 valence electrons. The van der Waals surface area contributed by atoms with E-state index < -0.39 is 15.3 Å². The van der Waals surface area contributed by atoms with Crippen LogP contribution in [0, 0.1) is 6.92 Å². The molecule has 3 N–H and O–H groups in total. The Kier molecular flexibility index (Phi) is 9.09. The zero-order valence-electron chi connectivity index (χ0n) is 18.1. The van der Waals surface area contributed by atoms with Gasteiger partial charge in [0, 0.05) is 18.3 Å². The average Bonchev–Trinajstić information content (AvgIpc) is 2.71. The summed E-state index contributed by atoms with van der Waals surface area (Å²) in [5.41, 5.74) is 2.50. The van der Waals surface area contributed by atoms with E-state index in [4.69, 9.17) is 0 Å². The number of thioether (sulfide) groups is 1. The molecule has 0 aliphatic heterocycles. The Morgan fingerprint density at radius 2 is 1.71 bits per heavy atom. The van der Waals surface area contributed by atoms with Gasteiger partial charge in [-0.3, -0.25) is 9.59 Å². The fourth-order valence-corrected chi connectivity index (χ4v) is 4.67. The number of carbonyl (C=O) groups excluding carboxylic acids is 2. The fraction of sp³-hybridized carbons (Fsp3) is 0.364. The van der Waals surface area contributed by atoms with Crippen molar-refractivity contribution in [2.45, 2.75) is 50.4 Å². The molecule has 0 bridgehead atoms. The van der Waals surface area contributed by atoms with Crippen LogP contribution in [0.15, 0.2) is 53.4 Å². The second-order valence-corrected chi connectivity index (χ2v) is 10.6. The van der Waals surface area contributed by atoms with Gasteiger partial charge in [0.25, 0.3) is 0 Å². The van der Waals surface area contributed by atoms with Crippen LogP contribution in [-0.2, 0) is 26.2 Å². The summed E-state index contributed by atoms with van der Waals surface area (Å²) in [6.45, 7) is 7.40. The van der Waals surface area contributed by atoms with Crippen LogP contribution in [0.1, 0.15) is 31.9 Å². The summed E-state index contributed by atoms with van der Waals surface area (Å²) in [4.78, 5) is 24.6. The smallest absolute Gasteiger partial charge is 0.240 e. The van der Waals surface area contributed by atoms with Crippen LogP contribution >= 0.6 is 11.8 Å². The average molecular weight is 464 g/mol. The van der Waals surface area contributed by atoms with Gasteiger partial charge >= 0.3 is 0 Å². The highest BCUT2D eigenvalue weighted by atomic mass is 32.2. The van der Waals surface area contributed by atoms with E-state index in [1.807, 2.05) is 31.2 Å². The van der Waals surface area contributed by atoms with Crippen molar-refractivity contribution >= 4 is 39.3 Å². The van der Waals surface area contributed by atoms with E-state index in [1.165, 1.54) is 23.9 Å². The van der Waals surface area contributed by atoms with E-state index in [0.29, 0.717) is 5.56 Å². The number of aryl methyl sites for hydroxylation is 1. The molecule has 7 nitrogen and oxygen atoms in total. The summed E-state index contributed by atoms with van der Waals surface area (Å²) in [6.07, 6.45) is 0. The Balaban J connectivity index is 1.83. The first-order valence-electron chi connectivity index (χ1n) is 9.94. The molecule has 2 aromatic rings. The van der Waals surface area contributed by atoms with Crippen LogP contribution in [0.2, 0.25) is 0 Å². The SMILES string of the molecule is Cc1ccc(NC(=O)CSC(C)C(=O)NCc2cccc(S(=O)(=O)NC(C)C)c2)cc1. The van der Waals surface area contributed by atoms with Crippen LogP contribution in [0.4, 0.5) is 5.69 Å². The Morgan fingerprint density at radius 1 is 1.03 bits per heavy atom. The summed E-state index contributed by atoms with van der Waals surface area (Å²) < 4.78 is 27.1. The molecule has 9 heteroatoms. The second-order valence-electron chi connectivity index (χ2n) is 7.51. The minimum absolute atomic E-state index is 0.150. The number of rotatable bonds is 10. The Labute approximate surface area is 188 Å². The van der Waals surface area contributed by atoms with Crippen molar-refractivity contribution in [2.75, 3.05) is 11.1 Å². The maximum absolute atomic E-state index is 12.4. The summed E-state index contributed by atoms with van der Waals surface area (Å²) in [7, 11) is -3.59. The number of hydrogen-bond donors (Lipinski definition) is 3. The molecule has 0 saturated carbocycles. The number of carbonyl (C=O) groups is 2. The molecule has 0 aliphatic carbocycles. The molecular formula is C22H29N3O4S2. The van der Waals surface area contributed by atoms with Gasteiger partial charge in [0.2, 0.25) is 21.8 Å². The molecule has 0 heterocycles. The molecule has 0 fully saturated rings. The summed E-state index contributed by atoms with van der Waals surface area (Å²) in [6, 6.07) is 13.7. The van der Waals surface area contributed by atoms with Gasteiger partial charge in [-0.25, -0.2) is 13.1 Å². The van der Waals surface area contributed by atoms with Crippen molar-refractivity contribution in [3.05, 3.63) is 59.7 Å². The number of hydrogen-bond acceptors (Lipinski definition) is 5. The van der Waals surface area contributed by atoms with Crippen molar-refractivity contribution < 1.29 is 18.0 Å². The first kappa shape index (κ1) is 24.9. The van der Waals surface area contributed by atoms with Gasteiger partial charge in [0.1, 0.15) is 0 Å². The molecule has 0 radical (unpaired) electrons. The van der Waals surface area contributed by atoms with Gasteiger partial charge in [0.05, 0.1) is 15.9 Å². The highest BCUT2D eigenvalue weighted by molar-refractivity contribution is 8.01. The minimum Gasteiger partial charge on any atom is -0.351 e. The number of amides is 2. The molecule has 0 aliphatic rings. The lowest BCUT2D eigenvalue weighted by atomic mass is 10.2. The van der Waals surface area contributed by atoms with E-state index in [0.717, 1.165) is 11.3 Å². The van der Waals surface area contributed by atoms with Gasteiger partial charge in [-0.15, -0.1) is 11.8 Å². The van der Waals surface area contributed by atoms with E-state index >= 15 is 0 Å². The third kappa shape index (κ3) is 8.35. The molecule has 0 aromatic heterocycles. The fourth-order valence-electron chi connectivity index (χ4n) is 2.64. The van der Waals surface area contributed by atoms with Crippen molar-refractivity contribution in [3.63, 3.8) is 0 Å². The van der Waals surface area contributed by atoms with Gasteiger partial charge in [0.15, 0.2) is 0 Å². The Hall–Kier alpha value is -2.36. The van der Waals surface area contributed by atoms with Crippen molar-refractivity contribution in [1.82, 2.24) is 10.0 Å². The number of anilines is 1. The lowest BCUT2D eigenvalue weighted by Crippen LogP contribution is -2.32. The normalized spacial score (nSPS) is 12.4. The molecule has 2 aromatic carbocycles. The highest BCUT2D eigenvalue weighted by Crippen LogP contribution is 2.15. The van der Waals surface area contributed by atoms with Crippen molar-refractivity contribution in [2.24, 2.45) is 0 Å². The molecule has 0 spiro atoms. The summed E-state index contributed by atoms with van der Waals surface area (Å²) >= 11 is 1.23. The standard InChI is InChI=1S/C22H29N3O4S2/c1-15(2)25-31(28,29)20-7-5-6-18(12-20)13-23-22(27)17(4)30-14-21(26)24-19-10-8-16(3)9-11-19/h5-12,15,17,25H,13-14H2,1-4H3,(H,23,27)(H,24,26). The zero-order chi connectivity index (χ0) is 23.0. The second kappa shape index (κ2) is 11.3. The van der Waals surface area contributed by atoms with Gasteiger partial charge in [-0.05, 0) is 57.5 Å². The number of sulfonamides is 1. The third-order valence-corrected chi connectivity index (χ3v) is 7.03. The monoisotopic (exact) mass is 463 g/mol. The Morgan fingerprint density at radius 3 is 2.35 bits per heavy atom. The first-order chi connectivity index (χ1) is 14.6. The maximum atomic E-state index is 12.4. The highest BCUT2D eigenvalue weighted by Gasteiger charge is 2.17. The molecule has 31 heavy (non-hydrogen) atoms. The van der Waals surface area contributed by atoms with Gasteiger partial charge in [-0.2, -0.15) is 0 Å². The number of nitrogens with one attached hydrogen (secondary N) is 3. The van der Waals surface area contributed by atoms with E-state index in [9.17, 15) is 18.0 Å². The third-order valence-electron chi connectivity index (χ3n) is 4.24. The molecule has 0 saturated heterocycles. The summed E-state index contributed by atoms with van der Waals surface area (Å²) in [5.74, 6) is -0.248. The van der Waals surface area contributed by atoms with Gasteiger partial charge < -0.3 is 10.6 Å². The van der Waals surface area contributed by atoms with Crippen LogP contribution in [0.25, 0.3) is 0 Å². The quantitative estimate of drug-likeness (QED) is 0.502. The van der Waals surface area contributed by atoms with E-state index in [2.05, 4.69) is 15.4 Å². The van der Waals surface area contributed by atoms with E-state index in [-0.39, 0.29) is 35.0 Å². The predicted octanol–water partition coefficient (Wildman–Crippen LogP) is 3.06. The molecule has 2 amide bonds. The van der Waals surface area contributed by atoms with Crippen LogP contribution in [0.5, 0.6) is 0 Å². The maximum Gasteiger partial charge on any atom is 0.240 e. The van der Waals surface area contributed by atoms with Crippen LogP contribution in [-0.4, -0.2) is 37.3 Å². The lowest BCUT2D eigenvalue weighted by molar-refractivity contribution is -0.120. The lowest BCUT2D eigenvalue weighted by Gasteiger charge is -2.13. The van der Waals surface area contributed by atoms with Crippen LogP contribution in [0.3, 0.4) is 0 Å². The summed E-state index contributed by atoms with van der Waals surface area (Å²) in [5, 5.41) is 5.16. The first-order valence-corrected chi connectivity index (χ1v) is 12.5. The largest absolute Gasteiger partial charge is 0.351 e. The van der Waals surface area contributed by atoms with Crippen LogP contribution < -0.4 is 15.4 Å². The number of benzene rings is 2.